The first-order chi connectivity index (χ1) is 12.6. The summed E-state index contributed by atoms with van der Waals surface area (Å²) < 4.78 is 11.5. The zero-order chi connectivity index (χ0) is 18.9. The number of methoxy groups -OCH3 is 1. The summed E-state index contributed by atoms with van der Waals surface area (Å²) in [4.78, 5) is 12.3. The molecule has 0 unspecified atom stereocenters. The molecule has 2 rings (SSSR count). The van der Waals surface area contributed by atoms with Gasteiger partial charge in [0.1, 0.15) is 18.2 Å². The molecule has 5 nitrogen and oxygen atoms in total. The molecule has 0 saturated heterocycles. The third-order valence-electron chi connectivity index (χ3n) is 3.31. The first-order valence-corrected chi connectivity index (χ1v) is 8.47. The minimum absolute atomic E-state index is 0.0254. The van der Waals surface area contributed by atoms with Crippen LogP contribution in [0.25, 0.3) is 6.08 Å². The highest BCUT2D eigenvalue weighted by atomic mass is 79.9. The van der Waals surface area contributed by atoms with Crippen molar-refractivity contribution in [3.05, 3.63) is 70.7 Å². The van der Waals surface area contributed by atoms with Crippen molar-refractivity contribution in [2.75, 3.05) is 19.0 Å². The Bertz CT molecular complexity index is 871. The second kappa shape index (κ2) is 9.44. The van der Waals surface area contributed by atoms with Crippen LogP contribution in [0.1, 0.15) is 5.56 Å². The van der Waals surface area contributed by atoms with E-state index in [2.05, 4.69) is 27.8 Å². The Morgan fingerprint density at radius 2 is 2.08 bits per heavy atom. The van der Waals surface area contributed by atoms with E-state index in [0.29, 0.717) is 33.8 Å². The van der Waals surface area contributed by atoms with Gasteiger partial charge < -0.3 is 14.8 Å². The summed E-state index contributed by atoms with van der Waals surface area (Å²) in [6.07, 6.45) is 3.12. The highest BCUT2D eigenvalue weighted by Gasteiger charge is 2.13. The number of ether oxygens (including phenoxy) is 2. The summed E-state index contributed by atoms with van der Waals surface area (Å²) in [6, 6.07) is 14.3. The number of nitrogens with zero attached hydrogens (tertiary/aromatic N) is 1. The van der Waals surface area contributed by atoms with E-state index in [1.807, 2.05) is 12.1 Å². The van der Waals surface area contributed by atoms with Crippen LogP contribution < -0.4 is 14.8 Å². The topological polar surface area (TPSA) is 71.3 Å². The summed E-state index contributed by atoms with van der Waals surface area (Å²) in [5.74, 6) is 0.519. The van der Waals surface area contributed by atoms with E-state index in [4.69, 9.17) is 9.47 Å². The number of carbonyl (C=O) groups excluding carboxylic acids is 1. The molecule has 0 aromatic heterocycles. The molecule has 1 amide bonds. The van der Waals surface area contributed by atoms with Crippen LogP contribution in [0.4, 0.5) is 5.69 Å². The second-order valence-electron chi connectivity index (χ2n) is 5.12. The van der Waals surface area contributed by atoms with Crippen LogP contribution in [0.2, 0.25) is 0 Å². The van der Waals surface area contributed by atoms with Gasteiger partial charge >= 0.3 is 0 Å². The molecule has 26 heavy (non-hydrogen) atoms. The van der Waals surface area contributed by atoms with Gasteiger partial charge in [0, 0.05) is 5.69 Å². The van der Waals surface area contributed by atoms with Gasteiger partial charge in [-0.2, -0.15) is 5.26 Å². The van der Waals surface area contributed by atoms with Crippen molar-refractivity contribution in [3.63, 3.8) is 0 Å². The fourth-order valence-electron chi connectivity index (χ4n) is 2.14. The van der Waals surface area contributed by atoms with E-state index in [9.17, 15) is 10.1 Å². The summed E-state index contributed by atoms with van der Waals surface area (Å²) in [7, 11) is 1.52. The highest BCUT2D eigenvalue weighted by Crippen LogP contribution is 2.37. The second-order valence-corrected chi connectivity index (χ2v) is 5.98. The van der Waals surface area contributed by atoms with Gasteiger partial charge in [0.2, 0.25) is 0 Å². The van der Waals surface area contributed by atoms with Crippen molar-refractivity contribution in [2.24, 2.45) is 0 Å². The maximum Gasteiger partial charge on any atom is 0.266 e. The Balaban J connectivity index is 2.30. The summed E-state index contributed by atoms with van der Waals surface area (Å²) in [5, 5.41) is 12.0. The van der Waals surface area contributed by atoms with Crippen LogP contribution in [-0.2, 0) is 4.79 Å². The number of hydrogen-bond donors (Lipinski definition) is 1. The number of benzene rings is 2. The SMILES string of the molecule is C=CCOc1c(Br)cc(/C=C(/C#N)C(=O)Nc2ccccc2)cc1OC. The molecule has 0 spiro atoms. The van der Waals surface area contributed by atoms with Gasteiger partial charge in [-0.25, -0.2) is 0 Å². The summed E-state index contributed by atoms with van der Waals surface area (Å²) >= 11 is 3.42. The van der Waals surface area contributed by atoms with Crippen molar-refractivity contribution >= 4 is 33.6 Å². The number of amides is 1. The van der Waals surface area contributed by atoms with E-state index >= 15 is 0 Å². The first kappa shape index (κ1) is 19.3. The molecule has 0 aliphatic rings. The molecule has 2 aromatic rings. The lowest BCUT2D eigenvalue weighted by atomic mass is 10.1. The van der Waals surface area contributed by atoms with Crippen molar-refractivity contribution in [2.45, 2.75) is 0 Å². The third-order valence-corrected chi connectivity index (χ3v) is 3.89. The molecule has 0 atom stereocenters. The van der Waals surface area contributed by atoms with Gasteiger partial charge in [-0.3, -0.25) is 4.79 Å². The number of rotatable bonds is 7. The minimum Gasteiger partial charge on any atom is -0.493 e. The fraction of sp³-hybridized carbons (Fsp3) is 0.100. The lowest BCUT2D eigenvalue weighted by molar-refractivity contribution is -0.112. The molecule has 0 saturated carbocycles. The third kappa shape index (κ3) is 4.98. The van der Waals surface area contributed by atoms with Crippen LogP contribution in [0.3, 0.4) is 0 Å². The maximum absolute atomic E-state index is 12.3. The number of hydrogen-bond acceptors (Lipinski definition) is 4. The van der Waals surface area contributed by atoms with E-state index in [1.54, 1.807) is 42.5 Å². The first-order valence-electron chi connectivity index (χ1n) is 7.68. The van der Waals surface area contributed by atoms with E-state index < -0.39 is 5.91 Å². The van der Waals surface area contributed by atoms with Gasteiger partial charge in [0.25, 0.3) is 5.91 Å². The van der Waals surface area contributed by atoms with E-state index in [1.165, 1.54) is 13.2 Å². The Morgan fingerprint density at radius 1 is 1.35 bits per heavy atom. The monoisotopic (exact) mass is 412 g/mol. The number of para-hydroxylation sites is 1. The smallest absolute Gasteiger partial charge is 0.266 e. The predicted molar refractivity (Wildman–Crippen MR) is 105 cm³/mol. The van der Waals surface area contributed by atoms with Crippen molar-refractivity contribution in [1.82, 2.24) is 0 Å². The average Bonchev–Trinajstić information content (AvgIpc) is 2.65. The van der Waals surface area contributed by atoms with Crippen molar-refractivity contribution in [3.8, 4) is 17.6 Å². The Hall–Kier alpha value is -3.04. The minimum atomic E-state index is -0.485. The lowest BCUT2D eigenvalue weighted by Crippen LogP contribution is -2.13. The average molecular weight is 413 g/mol. The summed E-state index contributed by atoms with van der Waals surface area (Å²) in [6.45, 7) is 3.94. The maximum atomic E-state index is 12.3. The number of anilines is 1. The van der Waals surface area contributed by atoms with Gasteiger partial charge in [0.15, 0.2) is 11.5 Å². The highest BCUT2D eigenvalue weighted by molar-refractivity contribution is 9.10. The van der Waals surface area contributed by atoms with Gasteiger partial charge in [-0.05, 0) is 51.8 Å². The Kier molecular flexibility index (Phi) is 7.01. The van der Waals surface area contributed by atoms with E-state index in [0.717, 1.165) is 0 Å². The quantitative estimate of drug-likeness (QED) is 0.410. The lowest BCUT2D eigenvalue weighted by Gasteiger charge is -2.12. The van der Waals surface area contributed by atoms with Crippen LogP contribution in [0.5, 0.6) is 11.5 Å². The van der Waals surface area contributed by atoms with Crippen LogP contribution in [-0.4, -0.2) is 19.6 Å². The zero-order valence-electron chi connectivity index (χ0n) is 14.2. The number of halogens is 1. The zero-order valence-corrected chi connectivity index (χ0v) is 15.7. The normalized spacial score (nSPS) is 10.6. The van der Waals surface area contributed by atoms with Gasteiger partial charge in [-0.1, -0.05) is 30.9 Å². The number of nitriles is 1. The van der Waals surface area contributed by atoms with Gasteiger partial charge in [0.05, 0.1) is 11.6 Å². The molecule has 0 heterocycles. The van der Waals surface area contributed by atoms with Gasteiger partial charge in [-0.15, -0.1) is 0 Å². The van der Waals surface area contributed by atoms with Crippen LogP contribution in [0, 0.1) is 11.3 Å². The van der Waals surface area contributed by atoms with E-state index in [-0.39, 0.29) is 5.57 Å². The molecule has 0 bridgehead atoms. The van der Waals surface area contributed by atoms with Crippen LogP contribution >= 0.6 is 15.9 Å². The molecule has 0 aliphatic carbocycles. The Labute approximate surface area is 160 Å². The molecular formula is C20H17BrN2O3. The molecule has 2 aromatic carbocycles. The van der Waals surface area contributed by atoms with Crippen LogP contribution in [0.15, 0.2) is 65.2 Å². The predicted octanol–water partition coefficient (Wildman–Crippen LogP) is 4.57. The standard InChI is InChI=1S/C20H17BrN2O3/c1-3-9-26-19-17(21)11-14(12-18(19)25-2)10-15(13-22)20(24)23-16-7-5-4-6-8-16/h3-8,10-12H,1,9H2,2H3,(H,23,24)/b15-10-. The largest absolute Gasteiger partial charge is 0.493 e. The number of nitrogens with one attached hydrogen (secondary N) is 1. The summed E-state index contributed by atoms with van der Waals surface area (Å²) in [5.41, 5.74) is 1.22. The molecule has 6 heteroatoms. The molecular weight excluding hydrogens is 396 g/mol. The van der Waals surface area contributed by atoms with Crippen molar-refractivity contribution in [1.29, 1.82) is 5.26 Å². The number of carbonyl (C=O) groups is 1. The molecule has 1 N–H and O–H groups in total. The molecule has 0 aliphatic heterocycles. The Morgan fingerprint density at radius 3 is 2.69 bits per heavy atom. The molecule has 0 radical (unpaired) electrons. The van der Waals surface area contributed by atoms with Crippen molar-refractivity contribution < 1.29 is 14.3 Å². The fourth-order valence-corrected chi connectivity index (χ4v) is 2.71. The molecule has 132 valence electrons. The molecule has 0 fully saturated rings.